The Balaban J connectivity index is 1.69. The van der Waals surface area contributed by atoms with Gasteiger partial charge in [0.1, 0.15) is 0 Å². The molecule has 2 aliphatic heterocycles. The molecule has 0 bridgehead atoms. The highest BCUT2D eigenvalue weighted by Crippen LogP contribution is 2.18. The number of hydrogen-bond acceptors (Lipinski definition) is 4. The molecule has 0 spiro atoms. The number of amides is 1. The molecule has 1 amide bonds. The third-order valence-electron chi connectivity index (χ3n) is 4.43. The van der Waals surface area contributed by atoms with Gasteiger partial charge in [-0.05, 0) is 32.9 Å². The van der Waals surface area contributed by atoms with Crippen molar-refractivity contribution in [2.45, 2.75) is 26.3 Å². The second-order valence-corrected chi connectivity index (χ2v) is 6.35. The van der Waals surface area contributed by atoms with Gasteiger partial charge in [-0.3, -0.25) is 9.69 Å². The fourth-order valence-corrected chi connectivity index (χ4v) is 2.66. The van der Waals surface area contributed by atoms with Gasteiger partial charge in [0.15, 0.2) is 0 Å². The normalized spacial score (nSPS) is 25.6. The predicted octanol–water partition coefficient (Wildman–Crippen LogP) is 0.0689. The standard InChI is InChI=1S/C14H27N3O2/c1-11(12-8-15-9-12)13(18)16-4-5-17-6-7-19-10-14(17,2)3/h11-12,15H,4-10H2,1-3H3,(H,16,18). The molecule has 1 atom stereocenters. The first-order chi connectivity index (χ1) is 9.00. The number of rotatable bonds is 5. The Morgan fingerprint density at radius 2 is 2.26 bits per heavy atom. The van der Waals surface area contributed by atoms with E-state index in [0.29, 0.717) is 5.92 Å². The first-order valence-electron chi connectivity index (χ1n) is 7.32. The van der Waals surface area contributed by atoms with Crippen LogP contribution in [0.15, 0.2) is 0 Å². The highest BCUT2D eigenvalue weighted by Gasteiger charge is 2.31. The lowest BCUT2D eigenvalue weighted by Gasteiger charge is -2.42. The van der Waals surface area contributed by atoms with Crippen molar-refractivity contribution in [2.24, 2.45) is 11.8 Å². The maximum atomic E-state index is 12.0. The number of morpholine rings is 1. The Bertz CT molecular complexity index is 316. The summed E-state index contributed by atoms with van der Waals surface area (Å²) >= 11 is 0. The van der Waals surface area contributed by atoms with E-state index in [1.807, 2.05) is 6.92 Å². The third-order valence-corrected chi connectivity index (χ3v) is 4.43. The monoisotopic (exact) mass is 269 g/mol. The molecular formula is C14H27N3O2. The van der Waals surface area contributed by atoms with Crippen LogP contribution in [0.1, 0.15) is 20.8 Å². The minimum absolute atomic E-state index is 0.0759. The summed E-state index contributed by atoms with van der Waals surface area (Å²) in [6.45, 7) is 12.5. The van der Waals surface area contributed by atoms with E-state index in [1.165, 1.54) is 0 Å². The number of hydrogen-bond donors (Lipinski definition) is 2. The smallest absolute Gasteiger partial charge is 0.223 e. The fourth-order valence-electron chi connectivity index (χ4n) is 2.66. The molecule has 0 aromatic heterocycles. The summed E-state index contributed by atoms with van der Waals surface area (Å²) in [5.74, 6) is 0.830. The largest absolute Gasteiger partial charge is 0.378 e. The van der Waals surface area contributed by atoms with E-state index in [2.05, 4.69) is 29.4 Å². The van der Waals surface area contributed by atoms with E-state index in [-0.39, 0.29) is 17.4 Å². The van der Waals surface area contributed by atoms with Gasteiger partial charge < -0.3 is 15.4 Å². The average Bonchev–Trinajstić information content (AvgIpc) is 2.28. The molecule has 2 heterocycles. The van der Waals surface area contributed by atoms with Crippen LogP contribution in [0, 0.1) is 11.8 Å². The van der Waals surface area contributed by atoms with Gasteiger partial charge in [-0.15, -0.1) is 0 Å². The Morgan fingerprint density at radius 1 is 1.53 bits per heavy atom. The van der Waals surface area contributed by atoms with Crippen LogP contribution in [0.3, 0.4) is 0 Å². The number of ether oxygens (including phenoxy) is 1. The molecule has 5 nitrogen and oxygen atoms in total. The molecule has 110 valence electrons. The van der Waals surface area contributed by atoms with Crippen molar-refractivity contribution in [1.29, 1.82) is 0 Å². The molecule has 2 fully saturated rings. The van der Waals surface area contributed by atoms with Crippen molar-refractivity contribution in [2.75, 3.05) is 45.9 Å². The summed E-state index contributed by atoms with van der Waals surface area (Å²) in [6, 6.07) is 0. The zero-order valence-corrected chi connectivity index (χ0v) is 12.4. The maximum absolute atomic E-state index is 12.0. The molecule has 19 heavy (non-hydrogen) atoms. The summed E-state index contributed by atoms with van der Waals surface area (Å²) in [6.07, 6.45) is 0. The topological polar surface area (TPSA) is 53.6 Å². The van der Waals surface area contributed by atoms with E-state index in [1.54, 1.807) is 0 Å². The lowest BCUT2D eigenvalue weighted by Crippen LogP contribution is -2.55. The lowest BCUT2D eigenvalue weighted by atomic mass is 9.88. The molecule has 0 aliphatic carbocycles. The van der Waals surface area contributed by atoms with Crippen molar-refractivity contribution in [1.82, 2.24) is 15.5 Å². The van der Waals surface area contributed by atoms with Crippen molar-refractivity contribution in [3.8, 4) is 0 Å². The van der Waals surface area contributed by atoms with Crippen LogP contribution < -0.4 is 10.6 Å². The molecule has 1 unspecified atom stereocenters. The van der Waals surface area contributed by atoms with Crippen LogP contribution in [0.2, 0.25) is 0 Å². The highest BCUT2D eigenvalue weighted by molar-refractivity contribution is 5.78. The zero-order chi connectivity index (χ0) is 13.9. The summed E-state index contributed by atoms with van der Waals surface area (Å²) < 4.78 is 5.50. The molecule has 0 saturated carbocycles. The van der Waals surface area contributed by atoms with Crippen molar-refractivity contribution in [3.63, 3.8) is 0 Å². The van der Waals surface area contributed by atoms with Gasteiger partial charge in [-0.1, -0.05) is 6.92 Å². The summed E-state index contributed by atoms with van der Waals surface area (Å²) in [7, 11) is 0. The van der Waals surface area contributed by atoms with Gasteiger partial charge >= 0.3 is 0 Å². The second-order valence-electron chi connectivity index (χ2n) is 6.35. The van der Waals surface area contributed by atoms with Gasteiger partial charge in [0.05, 0.1) is 13.2 Å². The van der Waals surface area contributed by atoms with E-state index in [0.717, 1.165) is 45.9 Å². The van der Waals surface area contributed by atoms with Crippen LogP contribution in [0.5, 0.6) is 0 Å². The second kappa shape index (κ2) is 6.20. The van der Waals surface area contributed by atoms with Gasteiger partial charge in [0.25, 0.3) is 0 Å². The van der Waals surface area contributed by atoms with E-state index >= 15 is 0 Å². The number of carbonyl (C=O) groups is 1. The Morgan fingerprint density at radius 3 is 2.84 bits per heavy atom. The molecule has 2 aliphatic rings. The van der Waals surface area contributed by atoms with Crippen LogP contribution in [0.25, 0.3) is 0 Å². The zero-order valence-electron chi connectivity index (χ0n) is 12.4. The Kier molecular flexibility index (Phi) is 4.81. The lowest BCUT2D eigenvalue weighted by molar-refractivity contribution is -0.127. The molecular weight excluding hydrogens is 242 g/mol. The Labute approximate surface area is 116 Å². The molecule has 2 saturated heterocycles. The van der Waals surface area contributed by atoms with E-state index in [4.69, 9.17) is 4.74 Å². The molecule has 0 radical (unpaired) electrons. The molecule has 2 rings (SSSR count). The van der Waals surface area contributed by atoms with Crippen molar-refractivity contribution >= 4 is 5.91 Å². The van der Waals surface area contributed by atoms with Crippen LogP contribution in [-0.2, 0) is 9.53 Å². The van der Waals surface area contributed by atoms with Crippen LogP contribution >= 0.6 is 0 Å². The predicted molar refractivity (Wildman–Crippen MR) is 75.0 cm³/mol. The van der Waals surface area contributed by atoms with Crippen molar-refractivity contribution < 1.29 is 9.53 Å². The van der Waals surface area contributed by atoms with Gasteiger partial charge in [-0.25, -0.2) is 0 Å². The first-order valence-corrected chi connectivity index (χ1v) is 7.32. The molecule has 5 heteroatoms. The third kappa shape index (κ3) is 3.68. The maximum Gasteiger partial charge on any atom is 0.223 e. The van der Waals surface area contributed by atoms with E-state index in [9.17, 15) is 4.79 Å². The quantitative estimate of drug-likeness (QED) is 0.741. The average molecular weight is 269 g/mol. The van der Waals surface area contributed by atoms with Gasteiger partial charge in [-0.2, -0.15) is 0 Å². The summed E-state index contributed by atoms with van der Waals surface area (Å²) in [5, 5.41) is 6.28. The Hall–Kier alpha value is -0.650. The van der Waals surface area contributed by atoms with Gasteiger partial charge in [0.2, 0.25) is 5.91 Å². The SMILES string of the molecule is CC(C(=O)NCCN1CCOCC1(C)C)C1CNC1. The molecule has 2 N–H and O–H groups in total. The summed E-state index contributed by atoms with van der Waals surface area (Å²) in [5.41, 5.74) is 0.0759. The van der Waals surface area contributed by atoms with Crippen molar-refractivity contribution in [3.05, 3.63) is 0 Å². The van der Waals surface area contributed by atoms with Crippen LogP contribution in [-0.4, -0.2) is 62.3 Å². The minimum atomic E-state index is 0.0759. The summed E-state index contributed by atoms with van der Waals surface area (Å²) in [4.78, 5) is 14.4. The number of carbonyl (C=O) groups excluding carboxylic acids is 1. The first kappa shape index (κ1) is 14.8. The molecule has 0 aromatic carbocycles. The number of nitrogens with zero attached hydrogens (tertiary/aromatic N) is 1. The number of nitrogens with one attached hydrogen (secondary N) is 2. The van der Waals surface area contributed by atoms with E-state index < -0.39 is 0 Å². The highest BCUT2D eigenvalue weighted by atomic mass is 16.5. The minimum Gasteiger partial charge on any atom is -0.378 e. The molecule has 0 aromatic rings. The van der Waals surface area contributed by atoms with Crippen LogP contribution in [0.4, 0.5) is 0 Å². The van der Waals surface area contributed by atoms with Gasteiger partial charge in [0, 0.05) is 31.1 Å². The fraction of sp³-hybridized carbons (Fsp3) is 0.929.